The molecular weight excluding hydrogens is 1450 g/mol. The van der Waals surface area contributed by atoms with E-state index in [9.17, 15) is 9.59 Å². The van der Waals surface area contributed by atoms with Gasteiger partial charge in [-0.3, -0.25) is 0 Å². The first-order chi connectivity index (χ1) is 49.8. The van der Waals surface area contributed by atoms with Crippen LogP contribution >= 0.6 is 11.1 Å². The number of hydrogen-bond acceptors (Lipinski definition) is 4. The molecule has 0 heterocycles. The molecule has 4 nitrogen and oxygen atoms in total. The number of carbonyl (C=O) groups is 2. The Morgan fingerprint density at radius 3 is 0.714 bits per heavy atom. The zero-order chi connectivity index (χ0) is 77.9. The minimum atomic E-state index is -1.12. The summed E-state index contributed by atoms with van der Waals surface area (Å²) in [7, 11) is -2.32. The fraction of sp³-hybridized carbons (Fsp3) is 0.904. The molecule has 11 heteroatoms. The zero-order valence-corrected chi connectivity index (χ0v) is 83.2. The van der Waals surface area contributed by atoms with Crippen LogP contribution in [0.3, 0.4) is 0 Å². The molecule has 0 N–H and O–H groups in total. The first kappa shape index (κ1) is 121. The number of halogens is 2. The van der Waals surface area contributed by atoms with Gasteiger partial charge in [-0.05, 0) is 20.3 Å². The molecule has 0 bridgehead atoms. The molecule has 0 aromatic heterocycles. The Labute approximate surface area is 702 Å². The average Bonchev–Trinajstić information content (AvgIpc) is 1.11. The molecule has 0 aliphatic rings. The van der Waals surface area contributed by atoms with Crippen LogP contribution in [0.25, 0.3) is 0 Å². The normalized spacial score (nSPS) is 10.8. The van der Waals surface area contributed by atoms with E-state index in [1.54, 1.807) is 25.9 Å². The maximum absolute atomic E-state index is 11.4. The molecule has 0 aromatic rings. The van der Waals surface area contributed by atoms with Crippen molar-refractivity contribution in [2.75, 3.05) is 13.2 Å². The first-order valence-electron chi connectivity index (χ1n) is 46.5. The van der Waals surface area contributed by atoms with Crippen LogP contribution in [0.4, 0.5) is 0 Å². The van der Waals surface area contributed by atoms with E-state index in [-0.39, 0.29) is 76.2 Å². The number of esters is 2. The van der Waals surface area contributed by atoms with Crippen molar-refractivity contribution >= 4 is 79.8 Å². The molecule has 0 amide bonds. The number of unbranched alkanes of at least 4 members (excludes halogenated alkanes) is 60. The van der Waals surface area contributed by atoms with Crippen LogP contribution in [-0.4, -0.2) is 82.0 Å². The minimum absolute atomic E-state index is 0. The van der Waals surface area contributed by atoms with Gasteiger partial charge in [-0.15, -0.1) is 0 Å². The molecule has 0 rings (SSSR count). The van der Waals surface area contributed by atoms with Crippen molar-refractivity contribution < 1.29 is 36.0 Å². The van der Waals surface area contributed by atoms with Crippen LogP contribution in [0.5, 0.6) is 0 Å². The SMILES string of the molecule is C=C(C)C(=O)OCCC[Si](C)(C)CCCCCCCCCCCCCCCCCC.C=CCOC(=O)C(=C)C.CCCCCCCCCCCCCCCCCC[SiH](C)C.CCCCCCCCCCCCCCCCCC[SiH](C)C.C[SiH](C)Cl.[Br-].[CH2-]CCCCCCCCCCCCCCCCC.[Mg+2]. The Morgan fingerprint density at radius 2 is 0.524 bits per heavy atom. The van der Waals surface area contributed by atoms with E-state index < -0.39 is 16.2 Å². The topological polar surface area (TPSA) is 52.6 Å². The van der Waals surface area contributed by atoms with Gasteiger partial charge in [-0.2, -0.15) is 17.5 Å². The van der Waals surface area contributed by atoms with Crippen LogP contribution in [0.2, 0.25) is 76.6 Å². The first-order valence-corrected chi connectivity index (χ1v) is 60.2. The Hall–Kier alpha value is 0.564. The Kier molecular flexibility index (Phi) is 126. The number of rotatable bonds is 74. The van der Waals surface area contributed by atoms with Gasteiger partial charge in [-0.1, -0.05) is 535 Å². The molecule has 0 radical (unpaired) electrons. The van der Waals surface area contributed by atoms with Crippen molar-refractivity contribution in [3.05, 3.63) is 43.9 Å². The predicted octanol–water partition coefficient (Wildman–Crippen LogP) is 31.1. The summed E-state index contributed by atoms with van der Waals surface area (Å²) in [4.78, 5) is 21.9. The second-order valence-electron chi connectivity index (χ2n) is 33.7. The van der Waals surface area contributed by atoms with Crippen LogP contribution in [0.1, 0.15) is 459 Å². The van der Waals surface area contributed by atoms with Crippen LogP contribution in [0, 0.1) is 6.92 Å². The molecule has 0 fully saturated rings. The van der Waals surface area contributed by atoms with E-state index in [1.807, 2.05) is 0 Å². The maximum Gasteiger partial charge on any atom is 2.00 e. The fourth-order valence-electron chi connectivity index (χ4n) is 13.1. The third-order valence-electron chi connectivity index (χ3n) is 20.1. The largest absolute Gasteiger partial charge is 2.00 e. The minimum Gasteiger partial charge on any atom is -1.00 e. The summed E-state index contributed by atoms with van der Waals surface area (Å²) in [6.45, 7) is 46.6. The molecule has 0 atom stereocenters. The standard InChI is InChI=1S/C27H54O2Si.2C20H44Si.C18H37.C7H10O2.C2H7ClSi.BrH.Mg/c1-6-7-8-9-10-11-12-13-14-15-16-17-18-19-20-21-24-30(4,5)25-22-23-29-27(28)26(2)3;2*1-4-5-6-7-8-9-10-11-12-13-14-15-16-17-18-19-20-21(2)3;1-3-5-7-9-11-13-15-17-18-16-14-12-10-8-6-4-2;1-4-5-9-7(8)6(2)3;1-4(2)3;;/h2,6-25H2,1,3-5H3;2*21H,4-20H2,1-3H3;1,3-18H2,2H3;4H,1-2,5H2,3H3;4H,1-2H3;1H;/q;;;-1;;;;+2/p-1. The smallest absolute Gasteiger partial charge is 1.00 e. The number of hydrogen-bond donors (Lipinski definition) is 0. The summed E-state index contributed by atoms with van der Waals surface area (Å²) in [6.07, 6.45) is 95.7. The van der Waals surface area contributed by atoms with Crippen LogP contribution in [0.15, 0.2) is 37.0 Å². The van der Waals surface area contributed by atoms with E-state index in [0.717, 1.165) is 12.8 Å². The molecule has 0 saturated carbocycles. The Bertz CT molecular complexity index is 1560. The average molecular weight is 1640 g/mol. The number of ether oxygens (including phenoxy) is 2. The second kappa shape index (κ2) is 109. The van der Waals surface area contributed by atoms with Crippen molar-refractivity contribution in [1.82, 2.24) is 0 Å². The zero-order valence-electron chi connectivity index (χ0n) is 74.9. The quantitative estimate of drug-likeness (QED) is 0.0116. The Morgan fingerprint density at radius 1 is 0.343 bits per heavy atom. The van der Waals surface area contributed by atoms with E-state index >= 15 is 0 Å². The van der Waals surface area contributed by atoms with E-state index in [0.29, 0.717) is 17.8 Å². The molecule has 0 aliphatic carbocycles. The summed E-state index contributed by atoms with van der Waals surface area (Å²) in [6, 6.07) is 5.81. The fourth-order valence-corrected chi connectivity index (χ4v) is 17.9. The van der Waals surface area contributed by atoms with Gasteiger partial charge in [0.2, 0.25) is 0 Å². The van der Waals surface area contributed by atoms with Gasteiger partial charge in [0.15, 0.2) is 0 Å². The third kappa shape index (κ3) is 134. The number of carbonyl (C=O) groups excluding carboxylic acids is 2. The van der Waals surface area contributed by atoms with E-state index in [1.165, 1.54) is 423 Å². The molecule has 0 unspecified atom stereocenters. The van der Waals surface area contributed by atoms with Gasteiger partial charge < -0.3 is 33.4 Å². The van der Waals surface area contributed by atoms with Crippen molar-refractivity contribution in [2.45, 2.75) is 535 Å². The molecule has 0 aromatic carbocycles. The molecule has 0 aliphatic heterocycles. The predicted molar refractivity (Wildman–Crippen MR) is 495 cm³/mol. The van der Waals surface area contributed by atoms with Gasteiger partial charge in [0.25, 0.3) is 0 Å². The van der Waals surface area contributed by atoms with Crippen LogP contribution in [-0.2, 0) is 19.1 Å². The summed E-state index contributed by atoms with van der Waals surface area (Å²) >= 11 is 5.41. The molecule has 0 spiro atoms. The molecular formula is C94H196BrClMgO4Si4. The van der Waals surface area contributed by atoms with Gasteiger partial charge >= 0.3 is 35.0 Å². The van der Waals surface area contributed by atoms with Crippen molar-refractivity contribution in [3.8, 4) is 0 Å². The van der Waals surface area contributed by atoms with Crippen molar-refractivity contribution in [2.24, 2.45) is 0 Å². The molecule has 0 saturated heterocycles. The van der Waals surface area contributed by atoms with Gasteiger partial charge in [0, 0.05) is 36.8 Å². The monoisotopic (exact) mass is 1640 g/mol. The van der Waals surface area contributed by atoms with Gasteiger partial charge in [0.05, 0.1) is 6.61 Å². The van der Waals surface area contributed by atoms with Gasteiger partial charge in [-0.25, -0.2) is 9.59 Å². The summed E-state index contributed by atoms with van der Waals surface area (Å²) in [5.41, 5.74) is 0.913. The van der Waals surface area contributed by atoms with E-state index in [2.05, 4.69) is 111 Å². The second-order valence-corrected chi connectivity index (χ2v) is 50.4. The van der Waals surface area contributed by atoms with Crippen molar-refractivity contribution in [3.63, 3.8) is 0 Å². The third-order valence-corrected chi connectivity index (χ3v) is 26.6. The van der Waals surface area contributed by atoms with Gasteiger partial charge in [0.1, 0.15) is 14.7 Å². The van der Waals surface area contributed by atoms with Crippen molar-refractivity contribution in [1.29, 1.82) is 0 Å². The summed E-state index contributed by atoms with van der Waals surface area (Å²) in [5.74, 6) is -0.609. The molecule has 105 heavy (non-hydrogen) atoms. The Balaban J connectivity index is -0.000000189. The summed E-state index contributed by atoms with van der Waals surface area (Å²) in [5, 5.41) is 0. The maximum atomic E-state index is 11.4. The van der Waals surface area contributed by atoms with E-state index in [4.69, 9.17) is 15.8 Å². The summed E-state index contributed by atoms with van der Waals surface area (Å²) < 4.78 is 9.81. The van der Waals surface area contributed by atoms with Crippen LogP contribution < -0.4 is 17.0 Å². The molecule has 628 valence electrons.